The number of halogens is 3. The fourth-order valence-corrected chi connectivity index (χ4v) is 3.86. The molecule has 0 radical (unpaired) electrons. The summed E-state index contributed by atoms with van der Waals surface area (Å²) in [5, 5.41) is 2.05. The molecule has 0 fully saturated rings. The molecule has 6 heteroatoms. The van der Waals surface area contributed by atoms with Gasteiger partial charge in [0, 0.05) is 24.4 Å². The molecule has 0 spiro atoms. The minimum absolute atomic E-state index is 0.0549. The fourth-order valence-electron chi connectivity index (χ4n) is 2.97. The largest absolute Gasteiger partial charge is 0.416 e. The van der Waals surface area contributed by atoms with Crippen molar-refractivity contribution >= 4 is 17.2 Å². The van der Waals surface area contributed by atoms with Crippen molar-refractivity contribution in [3.63, 3.8) is 0 Å². The summed E-state index contributed by atoms with van der Waals surface area (Å²) in [5.41, 5.74) is 1.30. The summed E-state index contributed by atoms with van der Waals surface area (Å²) in [6.45, 7) is 3.23. The van der Waals surface area contributed by atoms with Crippen LogP contribution in [0.1, 0.15) is 40.8 Å². The van der Waals surface area contributed by atoms with Crippen LogP contribution in [0.15, 0.2) is 35.7 Å². The van der Waals surface area contributed by atoms with E-state index in [1.165, 1.54) is 22.6 Å². The van der Waals surface area contributed by atoms with Crippen molar-refractivity contribution in [2.75, 3.05) is 6.54 Å². The van der Waals surface area contributed by atoms with E-state index in [4.69, 9.17) is 0 Å². The van der Waals surface area contributed by atoms with Crippen LogP contribution in [0, 0.1) is 0 Å². The van der Waals surface area contributed by atoms with Crippen LogP contribution < -0.4 is 0 Å². The van der Waals surface area contributed by atoms with E-state index in [9.17, 15) is 18.0 Å². The minimum atomic E-state index is -4.33. The van der Waals surface area contributed by atoms with Gasteiger partial charge in [0.2, 0.25) is 5.91 Å². The number of hydrogen-bond donors (Lipinski definition) is 0. The summed E-state index contributed by atoms with van der Waals surface area (Å²) in [4.78, 5) is 15.7. The number of fused-ring (bicyclic) bond motifs is 1. The number of alkyl halides is 3. The lowest BCUT2D eigenvalue weighted by Crippen LogP contribution is -2.35. The summed E-state index contributed by atoms with van der Waals surface area (Å²) in [7, 11) is 0. The lowest BCUT2D eigenvalue weighted by Gasteiger charge is -2.28. The summed E-state index contributed by atoms with van der Waals surface area (Å²) in [6, 6.07) is 7.14. The first-order chi connectivity index (χ1) is 11.3. The second kappa shape index (κ2) is 6.59. The number of carbonyl (C=O) groups is 1. The van der Waals surface area contributed by atoms with E-state index in [-0.39, 0.29) is 11.8 Å². The van der Waals surface area contributed by atoms with Crippen LogP contribution in [-0.4, -0.2) is 17.4 Å². The van der Waals surface area contributed by atoms with Crippen molar-refractivity contribution in [2.45, 2.75) is 38.4 Å². The molecule has 0 bridgehead atoms. The molecule has 0 N–H and O–H groups in total. The third-order valence-electron chi connectivity index (χ3n) is 4.45. The van der Waals surface area contributed by atoms with Crippen molar-refractivity contribution in [1.29, 1.82) is 0 Å². The van der Waals surface area contributed by atoms with Crippen LogP contribution >= 0.6 is 11.3 Å². The van der Waals surface area contributed by atoms with E-state index in [1.807, 2.05) is 17.2 Å². The fraction of sp³-hybridized carbons (Fsp3) is 0.389. The predicted molar refractivity (Wildman–Crippen MR) is 87.9 cm³/mol. The highest BCUT2D eigenvalue weighted by Gasteiger charge is 2.30. The van der Waals surface area contributed by atoms with Gasteiger partial charge in [-0.05, 0) is 47.0 Å². The molecule has 1 amide bonds. The van der Waals surface area contributed by atoms with E-state index in [0.717, 1.165) is 24.1 Å². The number of carbonyl (C=O) groups excluding carboxylic acids is 1. The van der Waals surface area contributed by atoms with Crippen LogP contribution in [0.5, 0.6) is 0 Å². The molecule has 24 heavy (non-hydrogen) atoms. The SMILES string of the molecule is CC(CC(=O)N1CCc2sccc2C1)c1ccc(C(F)(F)F)cc1. The lowest BCUT2D eigenvalue weighted by atomic mass is 9.95. The van der Waals surface area contributed by atoms with E-state index in [1.54, 1.807) is 11.3 Å². The molecule has 1 aromatic heterocycles. The summed E-state index contributed by atoms with van der Waals surface area (Å²) < 4.78 is 37.8. The van der Waals surface area contributed by atoms with Gasteiger partial charge in [0.05, 0.1) is 5.56 Å². The number of thiophene rings is 1. The van der Waals surface area contributed by atoms with Crippen molar-refractivity contribution < 1.29 is 18.0 Å². The lowest BCUT2D eigenvalue weighted by molar-refractivity contribution is -0.137. The maximum Gasteiger partial charge on any atom is 0.416 e. The van der Waals surface area contributed by atoms with Gasteiger partial charge in [-0.3, -0.25) is 4.79 Å². The summed E-state index contributed by atoms with van der Waals surface area (Å²) >= 11 is 1.72. The molecular weight excluding hydrogens is 335 g/mol. The zero-order valence-corrected chi connectivity index (χ0v) is 14.1. The predicted octanol–water partition coefficient (Wildman–Crippen LogP) is 4.85. The minimum Gasteiger partial charge on any atom is -0.338 e. The number of rotatable bonds is 3. The van der Waals surface area contributed by atoms with E-state index in [0.29, 0.717) is 19.5 Å². The van der Waals surface area contributed by atoms with Crippen molar-refractivity contribution in [2.24, 2.45) is 0 Å². The summed E-state index contributed by atoms with van der Waals surface area (Å²) in [5.74, 6) is -0.0529. The van der Waals surface area contributed by atoms with Gasteiger partial charge < -0.3 is 4.90 Å². The smallest absolute Gasteiger partial charge is 0.338 e. The Labute approximate surface area is 142 Å². The van der Waals surface area contributed by atoms with Gasteiger partial charge in [0.15, 0.2) is 0 Å². The van der Waals surface area contributed by atoms with E-state index >= 15 is 0 Å². The third-order valence-corrected chi connectivity index (χ3v) is 5.47. The average molecular weight is 353 g/mol. The Morgan fingerprint density at radius 3 is 2.62 bits per heavy atom. The monoisotopic (exact) mass is 353 g/mol. The van der Waals surface area contributed by atoms with E-state index in [2.05, 4.69) is 6.07 Å². The van der Waals surface area contributed by atoms with Crippen LogP contribution in [0.4, 0.5) is 13.2 Å². The Morgan fingerprint density at radius 2 is 1.96 bits per heavy atom. The van der Waals surface area contributed by atoms with Crippen molar-refractivity contribution in [3.05, 3.63) is 57.3 Å². The van der Waals surface area contributed by atoms with Gasteiger partial charge in [0.1, 0.15) is 0 Å². The van der Waals surface area contributed by atoms with Crippen LogP contribution in [-0.2, 0) is 23.9 Å². The first-order valence-electron chi connectivity index (χ1n) is 7.85. The molecule has 1 atom stereocenters. The Balaban J connectivity index is 1.62. The molecule has 3 rings (SSSR count). The van der Waals surface area contributed by atoms with Gasteiger partial charge >= 0.3 is 6.18 Å². The Kier molecular flexibility index (Phi) is 4.67. The van der Waals surface area contributed by atoms with Crippen molar-refractivity contribution in [3.8, 4) is 0 Å². The van der Waals surface area contributed by atoms with Crippen molar-refractivity contribution in [1.82, 2.24) is 4.90 Å². The summed E-state index contributed by atoms with van der Waals surface area (Å²) in [6.07, 6.45) is -3.14. The van der Waals surface area contributed by atoms with Gasteiger partial charge in [0.25, 0.3) is 0 Å². The number of amides is 1. The van der Waals surface area contributed by atoms with E-state index < -0.39 is 11.7 Å². The zero-order chi connectivity index (χ0) is 17.3. The zero-order valence-electron chi connectivity index (χ0n) is 13.3. The number of benzene rings is 1. The topological polar surface area (TPSA) is 20.3 Å². The molecule has 128 valence electrons. The second-order valence-electron chi connectivity index (χ2n) is 6.16. The second-order valence-corrected chi connectivity index (χ2v) is 7.16. The van der Waals surface area contributed by atoms with Crippen LogP contribution in [0.25, 0.3) is 0 Å². The molecule has 1 aromatic carbocycles. The maximum absolute atomic E-state index is 12.6. The molecule has 2 nitrogen and oxygen atoms in total. The molecule has 0 aliphatic carbocycles. The van der Waals surface area contributed by atoms with Crippen LogP contribution in [0.2, 0.25) is 0 Å². The van der Waals surface area contributed by atoms with Gasteiger partial charge in [-0.2, -0.15) is 13.2 Å². The highest BCUT2D eigenvalue weighted by Crippen LogP contribution is 2.31. The van der Waals surface area contributed by atoms with Gasteiger partial charge in [-0.1, -0.05) is 19.1 Å². The number of hydrogen-bond acceptors (Lipinski definition) is 2. The molecule has 1 unspecified atom stereocenters. The molecule has 1 aliphatic rings. The number of nitrogens with zero attached hydrogens (tertiary/aromatic N) is 1. The Bertz CT molecular complexity index is 721. The maximum atomic E-state index is 12.6. The quantitative estimate of drug-likeness (QED) is 0.773. The third kappa shape index (κ3) is 3.64. The molecule has 0 saturated heterocycles. The first-order valence-corrected chi connectivity index (χ1v) is 8.72. The van der Waals surface area contributed by atoms with Crippen LogP contribution in [0.3, 0.4) is 0 Å². The highest BCUT2D eigenvalue weighted by atomic mass is 32.1. The molecule has 1 aliphatic heterocycles. The standard InChI is InChI=1S/C18H18F3NOS/c1-12(13-2-4-15(5-3-13)18(19,20)21)10-17(23)22-8-6-16-14(11-22)7-9-24-16/h2-5,7,9,12H,6,8,10-11H2,1H3. The Morgan fingerprint density at radius 1 is 1.25 bits per heavy atom. The van der Waals surface area contributed by atoms with Gasteiger partial charge in [-0.25, -0.2) is 0 Å². The molecule has 2 heterocycles. The van der Waals surface area contributed by atoms with Gasteiger partial charge in [-0.15, -0.1) is 11.3 Å². The molecular formula is C18H18F3NOS. The normalized spacial score (nSPS) is 15.9. The average Bonchev–Trinajstić information content (AvgIpc) is 3.01. The molecule has 2 aromatic rings. The molecule has 0 saturated carbocycles. The Hall–Kier alpha value is -1.82. The highest BCUT2D eigenvalue weighted by molar-refractivity contribution is 7.10. The first kappa shape index (κ1) is 17.0.